The highest BCUT2D eigenvalue weighted by molar-refractivity contribution is 6.73. The lowest BCUT2D eigenvalue weighted by molar-refractivity contribution is -0.130. The molecule has 0 aromatic carbocycles. The third-order valence-electron chi connectivity index (χ3n) is 9.87. The molecule has 2 aliphatic rings. The first-order valence-corrected chi connectivity index (χ1v) is 19.3. The third kappa shape index (κ3) is 9.15. The quantitative estimate of drug-likeness (QED) is 0.113. The van der Waals surface area contributed by atoms with Gasteiger partial charge in [-0.2, -0.15) is 0 Å². The van der Waals surface area contributed by atoms with Crippen LogP contribution in [0.4, 0.5) is 0 Å². The molecular weight excluding hydrogens is 599 g/mol. The molecule has 240 valence electrons. The van der Waals surface area contributed by atoms with Crippen LogP contribution >= 0.6 is 23.2 Å². The Labute approximate surface area is 270 Å². The topological polar surface area (TPSA) is 95.4 Å². The molecule has 0 aliphatic heterocycles. The molecule has 1 heterocycles. The van der Waals surface area contributed by atoms with Crippen molar-refractivity contribution >= 4 is 49.4 Å². The van der Waals surface area contributed by atoms with Crippen molar-refractivity contribution in [2.75, 3.05) is 13.1 Å². The minimum Gasteiger partial charge on any atom is -0.408 e. The highest BCUT2D eigenvalue weighted by Crippen LogP contribution is 2.45. The second-order valence-corrected chi connectivity index (χ2v) is 19.0. The summed E-state index contributed by atoms with van der Waals surface area (Å²) in [5.41, 5.74) is 1.98. The van der Waals surface area contributed by atoms with E-state index >= 15 is 0 Å². The van der Waals surface area contributed by atoms with E-state index in [-0.39, 0.29) is 29.1 Å². The molecule has 0 saturated heterocycles. The van der Waals surface area contributed by atoms with Crippen LogP contribution in [0, 0.1) is 22.7 Å². The summed E-state index contributed by atoms with van der Waals surface area (Å²) in [5.74, 6) is 0.565. The van der Waals surface area contributed by atoms with Gasteiger partial charge in [-0.3, -0.25) is 14.6 Å². The maximum Gasteiger partial charge on any atom is 0.257 e. The lowest BCUT2D eigenvalue weighted by Gasteiger charge is -2.45. The fraction of sp³-hybridized carbons (Fsp3) is 0.697. The summed E-state index contributed by atoms with van der Waals surface area (Å²) in [4.78, 5) is 32.2. The van der Waals surface area contributed by atoms with Crippen LogP contribution in [0.5, 0.6) is 0 Å². The molecule has 1 aromatic heterocycles. The summed E-state index contributed by atoms with van der Waals surface area (Å²) >= 11 is 13.4. The highest BCUT2D eigenvalue weighted by Gasteiger charge is 2.40. The predicted molar refractivity (Wildman–Crippen MR) is 179 cm³/mol. The molecule has 0 spiro atoms. The van der Waals surface area contributed by atoms with E-state index in [2.05, 4.69) is 44.9 Å². The molecule has 0 radical (unpaired) electrons. The van der Waals surface area contributed by atoms with Crippen LogP contribution in [0.2, 0.25) is 28.2 Å². The molecule has 0 bridgehead atoms. The minimum absolute atomic E-state index is 0.127. The van der Waals surface area contributed by atoms with Crippen molar-refractivity contribution in [2.45, 2.75) is 117 Å². The number of nitrogens with zero attached hydrogens (tertiary/aromatic N) is 2. The molecule has 2 saturated carbocycles. The molecule has 7 nitrogen and oxygen atoms in total. The monoisotopic (exact) mass is 650 g/mol. The fourth-order valence-electron chi connectivity index (χ4n) is 7.13. The Hall–Kier alpha value is -1.74. The van der Waals surface area contributed by atoms with Gasteiger partial charge in [0.1, 0.15) is 5.78 Å². The number of halogens is 2. The van der Waals surface area contributed by atoms with Gasteiger partial charge in [-0.05, 0) is 81.8 Å². The highest BCUT2D eigenvalue weighted by atomic mass is 35.5. The van der Waals surface area contributed by atoms with Crippen LogP contribution in [0.25, 0.3) is 0 Å². The van der Waals surface area contributed by atoms with E-state index in [0.29, 0.717) is 45.9 Å². The van der Waals surface area contributed by atoms with Crippen molar-refractivity contribution in [3.05, 3.63) is 39.3 Å². The Kier molecular flexibility index (Phi) is 12.9. The summed E-state index contributed by atoms with van der Waals surface area (Å²) < 4.78 is 7.05. The fourth-order valence-corrected chi connectivity index (χ4v) is 10.5. The van der Waals surface area contributed by atoms with Crippen LogP contribution in [-0.4, -0.2) is 55.2 Å². The Morgan fingerprint density at radius 2 is 1.65 bits per heavy atom. The molecule has 43 heavy (non-hydrogen) atoms. The number of allylic oxidation sites excluding steroid dienone is 1. The van der Waals surface area contributed by atoms with Gasteiger partial charge in [0.2, 0.25) is 0 Å². The van der Waals surface area contributed by atoms with Crippen LogP contribution < -0.4 is 5.32 Å². The van der Waals surface area contributed by atoms with Gasteiger partial charge in [0.15, 0.2) is 8.32 Å². The predicted octanol–water partition coefficient (Wildman–Crippen LogP) is 8.38. The van der Waals surface area contributed by atoms with Gasteiger partial charge in [-0.1, -0.05) is 57.8 Å². The Morgan fingerprint density at radius 3 is 2.12 bits per heavy atom. The average molecular weight is 652 g/mol. The molecular formula is C33H52Cl2N4O3Si. The number of amides is 1. The van der Waals surface area contributed by atoms with Gasteiger partial charge >= 0.3 is 0 Å². The maximum atomic E-state index is 14.4. The van der Waals surface area contributed by atoms with E-state index in [4.69, 9.17) is 33.0 Å². The van der Waals surface area contributed by atoms with Crippen molar-refractivity contribution in [1.29, 1.82) is 5.41 Å². The van der Waals surface area contributed by atoms with Crippen LogP contribution in [-0.2, 0) is 14.0 Å². The third-order valence-corrected chi connectivity index (χ3v) is 15.1. The van der Waals surface area contributed by atoms with Crippen LogP contribution in [0.1, 0.15) is 98.7 Å². The molecule has 2 aliphatic carbocycles. The number of Topliss-reactive ketones (excluding diaryl/α,β-unsaturated/α-hetero) is 1. The van der Waals surface area contributed by atoms with E-state index in [0.717, 1.165) is 56.7 Å². The standard InChI is InChI=1S/C33H52Cl2N4O3Si/c1-8-43(9-2,10-3)42-30(31-28(34)18-37-19-29(31)35)21-39(20-24-15-33(6,7)16-24)32(41)27(17-36)22(4)38-26-13-11-25(12-14-26)23(5)40/h17-19,24-26,30,36,38H,8-16,20-21H2,1-7H3/b27-22+,36-17?/t25-,26-,30?. The summed E-state index contributed by atoms with van der Waals surface area (Å²) in [7, 11) is -2.14. The lowest BCUT2D eigenvalue weighted by atomic mass is 9.64. The van der Waals surface area contributed by atoms with Gasteiger partial charge in [0.05, 0.1) is 28.3 Å². The molecule has 1 amide bonds. The second-order valence-electron chi connectivity index (χ2n) is 13.5. The largest absolute Gasteiger partial charge is 0.408 e. The molecule has 2 fully saturated rings. The Bertz CT molecular complexity index is 1140. The van der Waals surface area contributed by atoms with Gasteiger partial charge in [0, 0.05) is 48.4 Å². The number of hydrogen-bond acceptors (Lipinski definition) is 6. The average Bonchev–Trinajstić information content (AvgIpc) is 2.94. The molecule has 1 unspecified atom stereocenters. The summed E-state index contributed by atoms with van der Waals surface area (Å²) in [5, 5.41) is 12.7. The number of rotatable bonds is 15. The maximum absolute atomic E-state index is 14.4. The first-order valence-electron chi connectivity index (χ1n) is 16.0. The SMILES string of the molecule is CC[Si](CC)(CC)OC(CN(CC1CC(C)(C)C1)C(=O)/C(C=N)=C(\C)N[C@H]1CC[C@H](C(C)=O)CC1)c1c(Cl)cncc1Cl. The van der Waals surface area contributed by atoms with Gasteiger partial charge in [-0.15, -0.1) is 0 Å². The zero-order chi connectivity index (χ0) is 31.9. The van der Waals surface area contributed by atoms with Gasteiger partial charge in [-0.25, -0.2) is 0 Å². The van der Waals surface area contributed by atoms with Gasteiger partial charge < -0.3 is 20.1 Å². The number of nitrogens with one attached hydrogen (secondary N) is 2. The van der Waals surface area contributed by atoms with E-state index in [1.807, 2.05) is 11.8 Å². The zero-order valence-electron chi connectivity index (χ0n) is 27.2. The van der Waals surface area contributed by atoms with Crippen molar-refractivity contribution < 1.29 is 14.0 Å². The van der Waals surface area contributed by atoms with Gasteiger partial charge in [0.25, 0.3) is 5.91 Å². The van der Waals surface area contributed by atoms with E-state index in [1.54, 1.807) is 19.3 Å². The first kappa shape index (κ1) is 35.7. The van der Waals surface area contributed by atoms with Crippen LogP contribution in [0.15, 0.2) is 23.7 Å². The number of aromatic nitrogens is 1. The summed E-state index contributed by atoms with van der Waals surface area (Å²) in [6.07, 6.45) is 9.36. The van der Waals surface area contributed by atoms with E-state index < -0.39 is 14.4 Å². The van der Waals surface area contributed by atoms with Crippen molar-refractivity contribution in [3.8, 4) is 0 Å². The van der Waals surface area contributed by atoms with Crippen molar-refractivity contribution in [2.24, 2.45) is 17.3 Å². The Morgan fingerprint density at radius 1 is 1.09 bits per heavy atom. The van der Waals surface area contributed by atoms with Crippen LogP contribution in [0.3, 0.4) is 0 Å². The zero-order valence-corrected chi connectivity index (χ0v) is 29.7. The molecule has 2 N–H and O–H groups in total. The first-order chi connectivity index (χ1) is 20.3. The number of carbonyl (C=O) groups is 2. The van der Waals surface area contributed by atoms with Crippen molar-refractivity contribution in [1.82, 2.24) is 15.2 Å². The van der Waals surface area contributed by atoms with Crippen molar-refractivity contribution in [3.63, 3.8) is 0 Å². The number of hydrogen-bond donors (Lipinski definition) is 2. The molecule has 10 heteroatoms. The summed E-state index contributed by atoms with van der Waals surface area (Å²) in [6, 6.07) is 3.02. The van der Waals surface area contributed by atoms with E-state index in [9.17, 15) is 9.59 Å². The number of carbonyl (C=O) groups excluding carboxylic acids is 2. The Balaban J connectivity index is 1.95. The molecule has 1 aromatic rings. The lowest BCUT2D eigenvalue weighted by Crippen LogP contribution is -2.47. The number of pyridine rings is 1. The summed E-state index contributed by atoms with van der Waals surface area (Å²) in [6.45, 7) is 15.5. The molecule has 3 rings (SSSR count). The smallest absolute Gasteiger partial charge is 0.257 e. The number of ketones is 1. The second kappa shape index (κ2) is 15.5. The van der Waals surface area contributed by atoms with E-state index in [1.165, 1.54) is 6.21 Å². The normalized spacial score (nSPS) is 21.8. The minimum atomic E-state index is -2.14. The molecule has 1 atom stereocenters.